The summed E-state index contributed by atoms with van der Waals surface area (Å²) in [4.78, 5) is 0. The van der Waals surface area contributed by atoms with E-state index in [0.29, 0.717) is 0 Å². The van der Waals surface area contributed by atoms with Crippen molar-refractivity contribution in [3.05, 3.63) is 72.8 Å². The molecule has 0 amide bonds. The molecule has 0 aliphatic carbocycles. The Morgan fingerprint density at radius 1 is 0.500 bits per heavy atom. The summed E-state index contributed by atoms with van der Waals surface area (Å²) in [6, 6.07) is 24.0. The average molecular weight is 276 g/mol. The minimum atomic E-state index is 0.819. The maximum absolute atomic E-state index is 4.54. The molecule has 0 radical (unpaired) electrons. The Morgan fingerprint density at radius 3 is 0.650 bits per heavy atom. The van der Waals surface area contributed by atoms with Crippen molar-refractivity contribution < 1.29 is 4.74 Å². The molecule has 114 valence electrons. The minimum Gasteiger partial charge on any atom is -0.385 e. The van der Waals surface area contributed by atoms with Crippen LogP contribution in [0.5, 0.6) is 0 Å². The summed E-state index contributed by atoms with van der Waals surface area (Å²) in [5.41, 5.74) is 0. The zero-order valence-corrected chi connectivity index (χ0v) is 14.0. The Morgan fingerprint density at radius 2 is 0.600 bits per heavy atom. The van der Waals surface area contributed by atoms with Crippen LogP contribution in [0.1, 0.15) is 34.6 Å². The second kappa shape index (κ2) is 30.4. The third-order valence-corrected chi connectivity index (χ3v) is 1.62. The van der Waals surface area contributed by atoms with Crippen LogP contribution in [-0.2, 0) is 4.74 Å². The summed E-state index contributed by atoms with van der Waals surface area (Å²) < 4.78 is 4.54. The van der Waals surface area contributed by atoms with E-state index in [1.165, 1.54) is 0 Å². The zero-order chi connectivity index (χ0) is 15.9. The van der Waals surface area contributed by atoms with E-state index in [-0.39, 0.29) is 0 Å². The standard InChI is InChI=1S/2C6H6.C3H8O.2C2H6/c2*1-2-4-6-5-3-1;1-3-4-2;2*1-2/h2*1-6H;3H2,1-2H3;2*1-2H3. The first kappa shape index (κ1) is 23.5. The number of ether oxygens (including phenoxy) is 1. The first-order chi connectivity index (χ1) is 9.91. The van der Waals surface area contributed by atoms with Gasteiger partial charge in [-0.05, 0) is 6.92 Å². The van der Waals surface area contributed by atoms with Crippen LogP contribution in [0.2, 0.25) is 0 Å². The van der Waals surface area contributed by atoms with E-state index in [0.717, 1.165) is 6.61 Å². The van der Waals surface area contributed by atoms with Crippen LogP contribution in [0.15, 0.2) is 72.8 Å². The highest BCUT2D eigenvalue weighted by molar-refractivity contribution is 4.99. The highest BCUT2D eigenvalue weighted by atomic mass is 16.5. The van der Waals surface area contributed by atoms with Crippen molar-refractivity contribution in [1.29, 1.82) is 0 Å². The van der Waals surface area contributed by atoms with E-state index in [1.807, 2.05) is 107 Å². The number of hydrogen-bond acceptors (Lipinski definition) is 1. The van der Waals surface area contributed by atoms with Crippen LogP contribution in [0, 0.1) is 0 Å². The number of methoxy groups -OCH3 is 1. The lowest BCUT2D eigenvalue weighted by Gasteiger charge is -1.76. The Balaban J connectivity index is -0.000000196. The summed E-state index contributed by atoms with van der Waals surface area (Å²) in [5.74, 6) is 0. The van der Waals surface area contributed by atoms with E-state index in [2.05, 4.69) is 4.74 Å². The van der Waals surface area contributed by atoms with Crippen molar-refractivity contribution in [3.8, 4) is 0 Å². The number of benzene rings is 2. The van der Waals surface area contributed by atoms with Gasteiger partial charge in [-0.25, -0.2) is 0 Å². The summed E-state index contributed by atoms with van der Waals surface area (Å²) in [6.45, 7) is 10.8. The molecule has 0 heterocycles. The molecule has 2 rings (SSSR count). The van der Waals surface area contributed by atoms with Crippen molar-refractivity contribution in [2.45, 2.75) is 34.6 Å². The van der Waals surface area contributed by atoms with E-state index in [4.69, 9.17) is 0 Å². The molecular formula is C19H32O. The van der Waals surface area contributed by atoms with Gasteiger partial charge in [0.15, 0.2) is 0 Å². The second-order valence-corrected chi connectivity index (χ2v) is 2.89. The van der Waals surface area contributed by atoms with E-state index < -0.39 is 0 Å². The van der Waals surface area contributed by atoms with Crippen molar-refractivity contribution in [1.82, 2.24) is 0 Å². The largest absolute Gasteiger partial charge is 0.385 e. The van der Waals surface area contributed by atoms with E-state index in [9.17, 15) is 0 Å². The normalized spacial score (nSPS) is 6.90. The molecule has 0 spiro atoms. The molecule has 0 aliphatic heterocycles. The van der Waals surface area contributed by atoms with Crippen molar-refractivity contribution in [3.63, 3.8) is 0 Å². The topological polar surface area (TPSA) is 9.23 Å². The smallest absolute Gasteiger partial charge is 0.0433 e. The monoisotopic (exact) mass is 276 g/mol. The Kier molecular flexibility index (Phi) is 35.7. The molecule has 0 N–H and O–H groups in total. The van der Waals surface area contributed by atoms with Gasteiger partial charge in [0.05, 0.1) is 0 Å². The van der Waals surface area contributed by atoms with Crippen LogP contribution in [0.25, 0.3) is 0 Å². The predicted molar refractivity (Wildman–Crippen MR) is 93.1 cm³/mol. The third-order valence-electron chi connectivity index (χ3n) is 1.62. The molecule has 20 heavy (non-hydrogen) atoms. The maximum atomic E-state index is 4.54. The lowest BCUT2D eigenvalue weighted by atomic mass is 10.4. The molecule has 0 aliphatic rings. The Hall–Kier alpha value is -1.60. The highest BCUT2D eigenvalue weighted by Crippen LogP contribution is 1.80. The lowest BCUT2D eigenvalue weighted by Crippen LogP contribution is -1.73. The minimum absolute atomic E-state index is 0.819. The van der Waals surface area contributed by atoms with Crippen molar-refractivity contribution >= 4 is 0 Å². The van der Waals surface area contributed by atoms with Crippen LogP contribution < -0.4 is 0 Å². The van der Waals surface area contributed by atoms with Gasteiger partial charge in [-0.2, -0.15) is 0 Å². The Bertz CT molecular complexity index is 205. The molecule has 0 atom stereocenters. The molecular weight excluding hydrogens is 244 g/mol. The van der Waals surface area contributed by atoms with Crippen LogP contribution in [0.3, 0.4) is 0 Å². The lowest BCUT2D eigenvalue weighted by molar-refractivity contribution is 0.215. The van der Waals surface area contributed by atoms with Gasteiger partial charge in [0, 0.05) is 13.7 Å². The fraction of sp³-hybridized carbons (Fsp3) is 0.368. The molecule has 0 bridgehead atoms. The van der Waals surface area contributed by atoms with Gasteiger partial charge >= 0.3 is 0 Å². The summed E-state index contributed by atoms with van der Waals surface area (Å²) in [5, 5.41) is 0. The van der Waals surface area contributed by atoms with Gasteiger partial charge < -0.3 is 4.74 Å². The summed E-state index contributed by atoms with van der Waals surface area (Å²) >= 11 is 0. The third kappa shape index (κ3) is 29.9. The number of hydrogen-bond donors (Lipinski definition) is 0. The molecule has 0 aromatic heterocycles. The molecule has 1 heteroatoms. The van der Waals surface area contributed by atoms with Gasteiger partial charge in [0.1, 0.15) is 0 Å². The SMILES string of the molecule is CC.CC.CCOC.c1ccccc1.c1ccccc1. The first-order valence-electron chi connectivity index (χ1n) is 7.40. The van der Waals surface area contributed by atoms with Crippen LogP contribution >= 0.6 is 0 Å². The van der Waals surface area contributed by atoms with Gasteiger partial charge in [0.2, 0.25) is 0 Å². The van der Waals surface area contributed by atoms with E-state index >= 15 is 0 Å². The predicted octanol–water partition coefficient (Wildman–Crippen LogP) is 6.08. The number of rotatable bonds is 1. The molecule has 2 aromatic rings. The summed E-state index contributed by atoms with van der Waals surface area (Å²) in [7, 11) is 1.68. The van der Waals surface area contributed by atoms with Crippen molar-refractivity contribution in [2.24, 2.45) is 0 Å². The van der Waals surface area contributed by atoms with Gasteiger partial charge in [0.25, 0.3) is 0 Å². The summed E-state index contributed by atoms with van der Waals surface area (Å²) in [6.07, 6.45) is 0. The molecule has 0 fully saturated rings. The fourth-order valence-electron chi connectivity index (χ4n) is 0.770. The molecule has 1 nitrogen and oxygen atoms in total. The fourth-order valence-corrected chi connectivity index (χ4v) is 0.770. The van der Waals surface area contributed by atoms with Crippen LogP contribution in [0.4, 0.5) is 0 Å². The van der Waals surface area contributed by atoms with Crippen LogP contribution in [-0.4, -0.2) is 13.7 Å². The quantitative estimate of drug-likeness (QED) is 0.613. The van der Waals surface area contributed by atoms with Gasteiger partial charge in [-0.3, -0.25) is 0 Å². The molecule has 0 saturated carbocycles. The molecule has 2 aromatic carbocycles. The molecule has 0 unspecified atom stereocenters. The van der Waals surface area contributed by atoms with E-state index in [1.54, 1.807) is 7.11 Å². The second-order valence-electron chi connectivity index (χ2n) is 2.89. The average Bonchev–Trinajstić information content (AvgIpc) is 2.62. The highest BCUT2D eigenvalue weighted by Gasteiger charge is 1.58. The molecule has 0 saturated heterocycles. The van der Waals surface area contributed by atoms with Crippen molar-refractivity contribution in [2.75, 3.05) is 13.7 Å². The maximum Gasteiger partial charge on any atom is 0.0433 e. The van der Waals surface area contributed by atoms with Gasteiger partial charge in [-0.15, -0.1) is 0 Å². The first-order valence-corrected chi connectivity index (χ1v) is 7.40. The van der Waals surface area contributed by atoms with Gasteiger partial charge in [-0.1, -0.05) is 100 Å². The Labute approximate surface area is 126 Å². The zero-order valence-electron chi connectivity index (χ0n) is 14.0.